The summed E-state index contributed by atoms with van der Waals surface area (Å²) < 4.78 is 5.86. The van der Waals surface area contributed by atoms with Gasteiger partial charge < -0.3 is 15.8 Å². The quantitative estimate of drug-likeness (QED) is 0.813. The molecule has 3 N–H and O–H groups in total. The first-order valence-corrected chi connectivity index (χ1v) is 7.21. The van der Waals surface area contributed by atoms with Crippen LogP contribution >= 0.6 is 15.9 Å². The summed E-state index contributed by atoms with van der Waals surface area (Å²) in [6.45, 7) is 2.01. The molecule has 1 aromatic rings. The molecule has 0 aliphatic carbocycles. The minimum absolute atomic E-state index is 0.280. The number of amides is 1. The van der Waals surface area contributed by atoms with Crippen LogP contribution in [-0.2, 0) is 4.79 Å². The van der Waals surface area contributed by atoms with Crippen molar-refractivity contribution >= 4 is 27.8 Å². The molecule has 7 nitrogen and oxygen atoms in total. The van der Waals surface area contributed by atoms with E-state index in [0.717, 1.165) is 30.4 Å². The average molecular weight is 344 g/mol. The van der Waals surface area contributed by atoms with E-state index in [-0.39, 0.29) is 5.91 Å². The van der Waals surface area contributed by atoms with Crippen LogP contribution in [0.1, 0.15) is 12.8 Å². The summed E-state index contributed by atoms with van der Waals surface area (Å²) in [4.78, 5) is 21.4. The Morgan fingerprint density at radius 1 is 1.60 bits per heavy atom. The predicted octanol–water partition coefficient (Wildman–Crippen LogP) is 0.609. The predicted molar refractivity (Wildman–Crippen MR) is 78.6 cm³/mol. The first kappa shape index (κ1) is 15.0. The van der Waals surface area contributed by atoms with E-state index in [4.69, 9.17) is 10.5 Å². The van der Waals surface area contributed by atoms with Crippen molar-refractivity contribution in [1.82, 2.24) is 14.9 Å². The maximum absolute atomic E-state index is 10.9. The van der Waals surface area contributed by atoms with Crippen molar-refractivity contribution in [2.24, 2.45) is 5.73 Å². The molecule has 20 heavy (non-hydrogen) atoms. The maximum Gasteiger partial charge on any atom is 0.232 e. The first-order valence-electron chi connectivity index (χ1n) is 6.42. The van der Waals surface area contributed by atoms with Gasteiger partial charge in [0.05, 0.1) is 24.3 Å². The fraction of sp³-hybridized carbons (Fsp3) is 0.583. The van der Waals surface area contributed by atoms with Gasteiger partial charge in [0.2, 0.25) is 17.7 Å². The molecule has 2 heterocycles. The highest BCUT2D eigenvalue weighted by Crippen LogP contribution is 2.23. The Morgan fingerprint density at radius 3 is 2.90 bits per heavy atom. The second-order valence-corrected chi connectivity index (χ2v) is 5.57. The van der Waals surface area contributed by atoms with E-state index in [1.54, 1.807) is 13.3 Å². The topological polar surface area (TPSA) is 93.4 Å². The highest BCUT2D eigenvalue weighted by molar-refractivity contribution is 9.10. The van der Waals surface area contributed by atoms with E-state index in [1.165, 1.54) is 0 Å². The summed E-state index contributed by atoms with van der Waals surface area (Å²) in [6, 6.07) is 0.296. The number of ether oxygens (including phenoxy) is 1. The van der Waals surface area contributed by atoms with E-state index >= 15 is 0 Å². The highest BCUT2D eigenvalue weighted by atomic mass is 79.9. The third-order valence-electron chi connectivity index (χ3n) is 3.21. The number of hydrogen-bond acceptors (Lipinski definition) is 6. The number of piperidine rings is 1. The van der Waals surface area contributed by atoms with E-state index < -0.39 is 0 Å². The van der Waals surface area contributed by atoms with Crippen LogP contribution in [0.2, 0.25) is 0 Å². The van der Waals surface area contributed by atoms with Crippen molar-refractivity contribution in [3.63, 3.8) is 0 Å². The number of primary amides is 1. The zero-order valence-corrected chi connectivity index (χ0v) is 12.9. The number of hydrogen-bond donors (Lipinski definition) is 2. The Morgan fingerprint density at radius 2 is 2.30 bits per heavy atom. The van der Waals surface area contributed by atoms with Gasteiger partial charge in [-0.2, -0.15) is 4.98 Å². The number of carbonyl (C=O) groups is 1. The summed E-state index contributed by atoms with van der Waals surface area (Å²) in [5, 5.41) is 3.29. The maximum atomic E-state index is 10.9. The number of nitrogens with one attached hydrogen (secondary N) is 1. The van der Waals surface area contributed by atoms with E-state index in [9.17, 15) is 4.79 Å². The molecule has 0 spiro atoms. The number of nitrogens with two attached hydrogens (primary N) is 1. The number of aromatic nitrogens is 2. The third-order valence-corrected chi connectivity index (χ3v) is 3.75. The van der Waals surface area contributed by atoms with E-state index in [2.05, 4.69) is 36.1 Å². The SMILES string of the molecule is COc1nc(NC2CCN(CC(N)=O)CC2)ncc1Br. The number of halogens is 1. The van der Waals surface area contributed by atoms with Gasteiger partial charge in [-0.3, -0.25) is 9.69 Å². The van der Waals surface area contributed by atoms with Gasteiger partial charge in [0.1, 0.15) is 0 Å². The Bertz CT molecular complexity index is 477. The second-order valence-electron chi connectivity index (χ2n) is 4.71. The van der Waals surface area contributed by atoms with Crippen LogP contribution in [0.4, 0.5) is 5.95 Å². The van der Waals surface area contributed by atoms with Crippen molar-refractivity contribution in [2.75, 3.05) is 32.1 Å². The Labute approximate surface area is 126 Å². The zero-order chi connectivity index (χ0) is 14.5. The lowest BCUT2D eigenvalue weighted by Gasteiger charge is -2.31. The lowest BCUT2D eigenvalue weighted by atomic mass is 10.1. The molecule has 1 aromatic heterocycles. The Kier molecular flexibility index (Phi) is 5.13. The molecule has 0 atom stereocenters. The summed E-state index contributed by atoms with van der Waals surface area (Å²) in [5.74, 6) is 0.782. The van der Waals surface area contributed by atoms with E-state index in [1.807, 2.05) is 0 Å². The van der Waals surface area contributed by atoms with Crippen LogP contribution in [0.25, 0.3) is 0 Å². The molecular formula is C12H18BrN5O2. The van der Waals surface area contributed by atoms with Crippen LogP contribution < -0.4 is 15.8 Å². The molecule has 1 aliphatic rings. The molecule has 0 radical (unpaired) electrons. The number of anilines is 1. The van der Waals surface area contributed by atoms with Crippen molar-refractivity contribution in [3.8, 4) is 5.88 Å². The zero-order valence-electron chi connectivity index (χ0n) is 11.3. The number of rotatable bonds is 5. The average Bonchev–Trinajstić information content (AvgIpc) is 2.42. The lowest BCUT2D eigenvalue weighted by Crippen LogP contribution is -2.43. The van der Waals surface area contributed by atoms with Crippen LogP contribution in [0, 0.1) is 0 Å². The van der Waals surface area contributed by atoms with Crippen LogP contribution in [0.5, 0.6) is 5.88 Å². The molecular weight excluding hydrogens is 326 g/mol. The minimum Gasteiger partial charge on any atom is -0.480 e. The monoisotopic (exact) mass is 343 g/mol. The number of carbonyl (C=O) groups excluding carboxylic acids is 1. The first-order chi connectivity index (χ1) is 9.58. The Hall–Kier alpha value is -1.41. The largest absolute Gasteiger partial charge is 0.480 e. The van der Waals surface area contributed by atoms with Gasteiger partial charge in [-0.05, 0) is 28.8 Å². The summed E-state index contributed by atoms with van der Waals surface area (Å²) in [7, 11) is 1.57. The second kappa shape index (κ2) is 6.85. The molecule has 1 saturated heterocycles. The fourth-order valence-electron chi connectivity index (χ4n) is 2.20. The molecule has 2 rings (SSSR count). The van der Waals surface area contributed by atoms with Crippen LogP contribution in [0.3, 0.4) is 0 Å². The number of methoxy groups -OCH3 is 1. The summed E-state index contributed by atoms with van der Waals surface area (Å²) in [5.41, 5.74) is 5.19. The third kappa shape index (κ3) is 4.04. The van der Waals surface area contributed by atoms with Crippen molar-refractivity contribution in [3.05, 3.63) is 10.7 Å². The summed E-state index contributed by atoms with van der Waals surface area (Å²) >= 11 is 3.32. The van der Waals surface area contributed by atoms with Crippen LogP contribution in [0.15, 0.2) is 10.7 Å². The van der Waals surface area contributed by atoms with Gasteiger partial charge in [0.15, 0.2) is 0 Å². The highest BCUT2D eigenvalue weighted by Gasteiger charge is 2.20. The van der Waals surface area contributed by atoms with Crippen LogP contribution in [-0.4, -0.2) is 53.6 Å². The van der Waals surface area contributed by atoms with Gasteiger partial charge in [-0.15, -0.1) is 0 Å². The van der Waals surface area contributed by atoms with Crippen molar-refractivity contribution in [1.29, 1.82) is 0 Å². The molecule has 0 saturated carbocycles. The van der Waals surface area contributed by atoms with Crippen molar-refractivity contribution in [2.45, 2.75) is 18.9 Å². The molecule has 1 amide bonds. The van der Waals surface area contributed by atoms with Gasteiger partial charge in [0.25, 0.3) is 0 Å². The number of likely N-dealkylation sites (tertiary alicyclic amines) is 1. The van der Waals surface area contributed by atoms with E-state index in [0.29, 0.717) is 24.4 Å². The normalized spacial score (nSPS) is 16.9. The molecule has 0 aromatic carbocycles. The molecule has 0 unspecified atom stereocenters. The fourth-order valence-corrected chi connectivity index (χ4v) is 2.56. The molecule has 1 fully saturated rings. The number of nitrogens with zero attached hydrogens (tertiary/aromatic N) is 3. The lowest BCUT2D eigenvalue weighted by molar-refractivity contribution is -0.119. The summed E-state index contributed by atoms with van der Waals surface area (Å²) in [6.07, 6.45) is 3.51. The van der Waals surface area contributed by atoms with Gasteiger partial charge in [-0.1, -0.05) is 0 Å². The Balaban J connectivity index is 1.88. The molecule has 110 valence electrons. The molecule has 8 heteroatoms. The smallest absolute Gasteiger partial charge is 0.232 e. The van der Waals surface area contributed by atoms with Gasteiger partial charge >= 0.3 is 0 Å². The van der Waals surface area contributed by atoms with Gasteiger partial charge in [0, 0.05) is 19.1 Å². The van der Waals surface area contributed by atoms with Crippen molar-refractivity contribution < 1.29 is 9.53 Å². The minimum atomic E-state index is -0.280. The van der Waals surface area contributed by atoms with Gasteiger partial charge in [-0.25, -0.2) is 4.98 Å². The standard InChI is InChI=1S/C12H18BrN5O2/c1-20-11-9(13)6-15-12(17-11)16-8-2-4-18(5-3-8)7-10(14)19/h6,8H,2-5,7H2,1H3,(H2,14,19)(H,15,16,17). The molecule has 1 aliphatic heterocycles. The molecule has 0 bridgehead atoms.